The summed E-state index contributed by atoms with van der Waals surface area (Å²) in [5.74, 6) is 2.06. The first-order valence-electron chi connectivity index (χ1n) is 5.74. The largest absolute Gasteiger partial charge is 0.343 e. The second-order valence-electron chi connectivity index (χ2n) is 4.16. The summed E-state index contributed by atoms with van der Waals surface area (Å²) in [7, 11) is 0. The summed E-state index contributed by atoms with van der Waals surface area (Å²) in [5, 5.41) is 0. The van der Waals surface area contributed by atoms with Crippen molar-refractivity contribution in [1.29, 1.82) is 0 Å². The van der Waals surface area contributed by atoms with Gasteiger partial charge in [-0.1, -0.05) is 0 Å². The van der Waals surface area contributed by atoms with Gasteiger partial charge >= 0.3 is 0 Å². The number of rotatable bonds is 5. The molecule has 1 saturated heterocycles. The maximum absolute atomic E-state index is 11.8. The first-order chi connectivity index (χ1) is 7.27. The molecular formula is C11H23ClN2OS. The molecule has 0 aliphatic carbocycles. The summed E-state index contributed by atoms with van der Waals surface area (Å²) in [6.07, 6.45) is 5.98. The molecule has 1 heterocycles. The van der Waals surface area contributed by atoms with Crippen molar-refractivity contribution in [3.8, 4) is 0 Å². The van der Waals surface area contributed by atoms with Gasteiger partial charge in [0.2, 0.25) is 5.91 Å². The molecule has 1 aliphatic heterocycles. The number of hydrogen-bond donors (Lipinski definition) is 1. The molecule has 0 radical (unpaired) electrons. The highest BCUT2D eigenvalue weighted by atomic mass is 35.5. The molecule has 96 valence electrons. The lowest BCUT2D eigenvalue weighted by Crippen LogP contribution is -2.39. The zero-order chi connectivity index (χ0) is 11.1. The Morgan fingerprint density at radius 1 is 1.44 bits per heavy atom. The van der Waals surface area contributed by atoms with Gasteiger partial charge in [0.1, 0.15) is 0 Å². The highest BCUT2D eigenvalue weighted by Crippen LogP contribution is 2.16. The van der Waals surface area contributed by atoms with Crippen LogP contribution in [0.2, 0.25) is 0 Å². The number of amides is 1. The lowest BCUT2D eigenvalue weighted by atomic mass is 9.97. The summed E-state index contributed by atoms with van der Waals surface area (Å²) < 4.78 is 0. The van der Waals surface area contributed by atoms with Crippen LogP contribution in [0.25, 0.3) is 0 Å². The molecule has 3 nitrogen and oxygen atoms in total. The molecule has 0 aromatic heterocycles. The SMILES string of the molecule is CSCCCC(=O)N1CCC(CN)CC1.Cl. The minimum absolute atomic E-state index is 0. The van der Waals surface area contributed by atoms with Crippen molar-refractivity contribution in [2.75, 3.05) is 31.6 Å². The molecule has 0 saturated carbocycles. The third-order valence-electron chi connectivity index (χ3n) is 3.04. The molecule has 0 atom stereocenters. The van der Waals surface area contributed by atoms with E-state index in [1.807, 2.05) is 16.7 Å². The van der Waals surface area contributed by atoms with Gasteiger partial charge in [0.15, 0.2) is 0 Å². The molecule has 1 fully saturated rings. The Morgan fingerprint density at radius 3 is 2.56 bits per heavy atom. The first kappa shape index (κ1) is 16.1. The van der Waals surface area contributed by atoms with Crippen LogP contribution >= 0.6 is 24.2 Å². The third-order valence-corrected chi connectivity index (χ3v) is 3.74. The second-order valence-corrected chi connectivity index (χ2v) is 5.14. The molecule has 0 spiro atoms. The predicted octanol–water partition coefficient (Wildman–Crippen LogP) is 1.75. The average molecular weight is 267 g/mol. The van der Waals surface area contributed by atoms with Crippen molar-refractivity contribution < 1.29 is 4.79 Å². The lowest BCUT2D eigenvalue weighted by molar-refractivity contribution is -0.132. The van der Waals surface area contributed by atoms with E-state index in [9.17, 15) is 4.79 Å². The monoisotopic (exact) mass is 266 g/mol. The van der Waals surface area contributed by atoms with E-state index < -0.39 is 0 Å². The number of thioether (sulfide) groups is 1. The van der Waals surface area contributed by atoms with Crippen LogP contribution in [0.1, 0.15) is 25.7 Å². The summed E-state index contributed by atoms with van der Waals surface area (Å²) in [6.45, 7) is 2.61. The van der Waals surface area contributed by atoms with E-state index in [-0.39, 0.29) is 12.4 Å². The third kappa shape index (κ3) is 5.41. The normalized spacial score (nSPS) is 17.0. The molecule has 5 heteroatoms. The summed E-state index contributed by atoms with van der Waals surface area (Å²) in [4.78, 5) is 13.8. The molecule has 0 bridgehead atoms. The molecule has 0 aromatic carbocycles. The van der Waals surface area contributed by atoms with Gasteiger partial charge in [-0.05, 0) is 43.7 Å². The number of carbonyl (C=O) groups excluding carboxylic acids is 1. The van der Waals surface area contributed by atoms with Gasteiger partial charge in [0, 0.05) is 19.5 Å². The summed E-state index contributed by atoms with van der Waals surface area (Å²) in [6, 6.07) is 0. The average Bonchev–Trinajstić information content (AvgIpc) is 2.29. The Hall–Kier alpha value is 0.0700. The van der Waals surface area contributed by atoms with Crippen LogP contribution in [0.5, 0.6) is 0 Å². The van der Waals surface area contributed by atoms with E-state index >= 15 is 0 Å². The van der Waals surface area contributed by atoms with Crippen molar-refractivity contribution in [1.82, 2.24) is 4.90 Å². The number of piperidine rings is 1. The fraction of sp³-hybridized carbons (Fsp3) is 0.909. The minimum atomic E-state index is 0. The second kappa shape index (κ2) is 9.14. The zero-order valence-corrected chi connectivity index (χ0v) is 11.6. The topological polar surface area (TPSA) is 46.3 Å². The standard InChI is InChI=1S/C11H22N2OS.ClH/c1-15-8-2-3-11(14)13-6-4-10(9-12)5-7-13;/h10H,2-9,12H2,1H3;1H. The van der Waals surface area contributed by atoms with Crippen LogP contribution in [0, 0.1) is 5.92 Å². The lowest BCUT2D eigenvalue weighted by Gasteiger charge is -2.31. The van der Waals surface area contributed by atoms with Crippen LogP contribution in [0.15, 0.2) is 0 Å². The van der Waals surface area contributed by atoms with Crippen molar-refractivity contribution in [2.24, 2.45) is 11.7 Å². The number of carbonyl (C=O) groups is 1. The smallest absolute Gasteiger partial charge is 0.222 e. The molecular weight excluding hydrogens is 244 g/mol. The van der Waals surface area contributed by atoms with Crippen LogP contribution in [-0.4, -0.2) is 42.4 Å². The molecule has 2 N–H and O–H groups in total. The van der Waals surface area contributed by atoms with E-state index in [4.69, 9.17) is 5.73 Å². The number of likely N-dealkylation sites (tertiary alicyclic amines) is 1. The van der Waals surface area contributed by atoms with Crippen molar-refractivity contribution in [3.63, 3.8) is 0 Å². The molecule has 1 rings (SSSR count). The Bertz CT molecular complexity index is 196. The maximum Gasteiger partial charge on any atom is 0.222 e. The highest BCUT2D eigenvalue weighted by molar-refractivity contribution is 7.98. The van der Waals surface area contributed by atoms with Gasteiger partial charge in [-0.25, -0.2) is 0 Å². The molecule has 0 unspecified atom stereocenters. The Morgan fingerprint density at radius 2 is 2.06 bits per heavy atom. The summed E-state index contributed by atoms with van der Waals surface area (Å²) >= 11 is 1.81. The predicted molar refractivity (Wildman–Crippen MR) is 73.2 cm³/mol. The maximum atomic E-state index is 11.8. The van der Waals surface area contributed by atoms with Crippen LogP contribution < -0.4 is 5.73 Å². The Balaban J connectivity index is 0.00000225. The van der Waals surface area contributed by atoms with Crippen molar-refractivity contribution in [3.05, 3.63) is 0 Å². The van der Waals surface area contributed by atoms with E-state index in [2.05, 4.69) is 6.26 Å². The molecule has 1 aliphatic rings. The van der Waals surface area contributed by atoms with Crippen LogP contribution in [0.3, 0.4) is 0 Å². The highest BCUT2D eigenvalue weighted by Gasteiger charge is 2.21. The van der Waals surface area contributed by atoms with Gasteiger partial charge in [-0.3, -0.25) is 4.79 Å². The van der Waals surface area contributed by atoms with Gasteiger partial charge in [0.25, 0.3) is 0 Å². The number of nitrogens with two attached hydrogens (primary N) is 1. The first-order valence-corrected chi connectivity index (χ1v) is 7.14. The number of halogens is 1. The van der Waals surface area contributed by atoms with Gasteiger partial charge in [-0.2, -0.15) is 11.8 Å². The number of hydrogen-bond acceptors (Lipinski definition) is 3. The number of nitrogens with zero attached hydrogens (tertiary/aromatic N) is 1. The van der Waals surface area contributed by atoms with E-state index in [1.165, 1.54) is 0 Å². The molecule has 16 heavy (non-hydrogen) atoms. The van der Waals surface area contributed by atoms with Crippen molar-refractivity contribution >= 4 is 30.1 Å². The minimum Gasteiger partial charge on any atom is -0.343 e. The Labute approximate surface area is 109 Å². The fourth-order valence-corrected chi connectivity index (χ4v) is 2.38. The van der Waals surface area contributed by atoms with Crippen LogP contribution in [-0.2, 0) is 4.79 Å². The van der Waals surface area contributed by atoms with E-state index in [0.717, 1.165) is 44.6 Å². The molecule has 0 aromatic rings. The zero-order valence-electron chi connectivity index (χ0n) is 9.98. The van der Waals surface area contributed by atoms with Crippen molar-refractivity contribution in [2.45, 2.75) is 25.7 Å². The van der Waals surface area contributed by atoms with Gasteiger partial charge in [-0.15, -0.1) is 12.4 Å². The fourth-order valence-electron chi connectivity index (χ4n) is 1.94. The summed E-state index contributed by atoms with van der Waals surface area (Å²) in [5.41, 5.74) is 5.62. The van der Waals surface area contributed by atoms with E-state index in [0.29, 0.717) is 18.2 Å². The van der Waals surface area contributed by atoms with Gasteiger partial charge < -0.3 is 10.6 Å². The Kier molecular flexibility index (Phi) is 9.18. The molecule has 1 amide bonds. The van der Waals surface area contributed by atoms with Crippen LogP contribution in [0.4, 0.5) is 0 Å². The van der Waals surface area contributed by atoms with Gasteiger partial charge in [0.05, 0.1) is 0 Å². The quantitative estimate of drug-likeness (QED) is 0.772. The van der Waals surface area contributed by atoms with E-state index in [1.54, 1.807) is 0 Å².